The van der Waals surface area contributed by atoms with Gasteiger partial charge in [-0.1, -0.05) is 35.9 Å². The zero-order chi connectivity index (χ0) is 12.8. The Morgan fingerprint density at radius 3 is 2.53 bits per heavy atom. The summed E-state index contributed by atoms with van der Waals surface area (Å²) in [6.45, 7) is 6.06. The molecule has 0 bridgehead atoms. The fourth-order valence-corrected chi connectivity index (χ4v) is 1.71. The smallest absolute Gasteiger partial charge is 0.213 e. The lowest BCUT2D eigenvalue weighted by Crippen LogP contribution is -2.04. The maximum absolute atomic E-state index is 7.84. The molecule has 2 nitrogen and oxygen atoms in total. The highest BCUT2D eigenvalue weighted by Gasteiger charge is 2.10. The van der Waals surface area contributed by atoms with Crippen molar-refractivity contribution in [2.45, 2.75) is 20.8 Å². The quantitative estimate of drug-likeness (QED) is 0.476. The maximum Gasteiger partial charge on any atom is 0.213 e. The van der Waals surface area contributed by atoms with Crippen LogP contribution in [-0.2, 0) is 4.74 Å². The van der Waals surface area contributed by atoms with Gasteiger partial charge in [-0.15, -0.1) is 0 Å². The van der Waals surface area contributed by atoms with E-state index in [2.05, 4.69) is 26.0 Å². The minimum Gasteiger partial charge on any atom is -0.481 e. The van der Waals surface area contributed by atoms with Crippen LogP contribution in [0.5, 0.6) is 0 Å². The molecule has 0 aliphatic carbocycles. The first-order chi connectivity index (χ1) is 8.10. The van der Waals surface area contributed by atoms with Gasteiger partial charge in [-0.25, -0.2) is 0 Å². The Bertz CT molecular complexity index is 470. The number of hydrogen-bond acceptors (Lipinski definition) is 2. The molecular formula is C15H19NO. The SMILES string of the molecule is C/C=C\C=C(/C(=N)OC)c1ccc(C)cc1C. The van der Waals surface area contributed by atoms with Gasteiger partial charge < -0.3 is 4.74 Å². The topological polar surface area (TPSA) is 33.1 Å². The Hall–Kier alpha value is -1.83. The fraction of sp³-hybridized carbons (Fsp3) is 0.267. The molecule has 0 amide bonds. The van der Waals surface area contributed by atoms with E-state index in [1.165, 1.54) is 12.7 Å². The molecule has 0 saturated heterocycles. The number of benzene rings is 1. The van der Waals surface area contributed by atoms with Crippen LogP contribution >= 0.6 is 0 Å². The van der Waals surface area contributed by atoms with Gasteiger partial charge in [0, 0.05) is 5.57 Å². The molecule has 0 saturated carbocycles. The van der Waals surface area contributed by atoms with Gasteiger partial charge in [-0.2, -0.15) is 0 Å². The Kier molecular flexibility index (Phi) is 4.70. The van der Waals surface area contributed by atoms with E-state index in [4.69, 9.17) is 10.1 Å². The lowest BCUT2D eigenvalue weighted by molar-refractivity contribution is 0.405. The predicted molar refractivity (Wildman–Crippen MR) is 73.4 cm³/mol. The van der Waals surface area contributed by atoms with Gasteiger partial charge in [-0.3, -0.25) is 5.41 Å². The summed E-state index contributed by atoms with van der Waals surface area (Å²) in [5, 5.41) is 7.84. The lowest BCUT2D eigenvalue weighted by atomic mass is 9.98. The van der Waals surface area contributed by atoms with Crippen LogP contribution in [0.3, 0.4) is 0 Å². The van der Waals surface area contributed by atoms with E-state index in [9.17, 15) is 0 Å². The van der Waals surface area contributed by atoms with E-state index < -0.39 is 0 Å². The average Bonchev–Trinajstić information content (AvgIpc) is 2.31. The normalized spacial score (nSPS) is 11.9. The summed E-state index contributed by atoms with van der Waals surface area (Å²) in [5.41, 5.74) is 4.23. The van der Waals surface area contributed by atoms with Crippen molar-refractivity contribution >= 4 is 11.5 Å². The highest BCUT2D eigenvalue weighted by molar-refractivity contribution is 6.18. The third-order valence-electron chi connectivity index (χ3n) is 2.58. The van der Waals surface area contributed by atoms with E-state index in [1.807, 2.05) is 31.2 Å². The Morgan fingerprint density at radius 1 is 1.29 bits per heavy atom. The van der Waals surface area contributed by atoms with Crippen LogP contribution in [0.4, 0.5) is 0 Å². The second-order valence-electron chi connectivity index (χ2n) is 3.96. The molecule has 1 aromatic carbocycles. The van der Waals surface area contributed by atoms with Crippen LogP contribution in [0, 0.1) is 19.3 Å². The molecule has 2 heteroatoms. The third-order valence-corrected chi connectivity index (χ3v) is 2.58. The number of allylic oxidation sites excluding steroid dienone is 3. The van der Waals surface area contributed by atoms with Crippen molar-refractivity contribution in [1.29, 1.82) is 5.41 Å². The fourth-order valence-electron chi connectivity index (χ4n) is 1.71. The minimum atomic E-state index is 0.190. The van der Waals surface area contributed by atoms with Crippen molar-refractivity contribution in [3.63, 3.8) is 0 Å². The highest BCUT2D eigenvalue weighted by Crippen LogP contribution is 2.21. The number of aryl methyl sites for hydroxylation is 2. The van der Waals surface area contributed by atoms with Crippen molar-refractivity contribution in [2.24, 2.45) is 0 Å². The van der Waals surface area contributed by atoms with Crippen LogP contribution in [-0.4, -0.2) is 13.0 Å². The third kappa shape index (κ3) is 3.31. The molecule has 0 heterocycles. The largest absolute Gasteiger partial charge is 0.481 e. The predicted octanol–water partition coefficient (Wildman–Crippen LogP) is 3.89. The molecule has 0 spiro atoms. The molecule has 0 aromatic heterocycles. The summed E-state index contributed by atoms with van der Waals surface area (Å²) >= 11 is 0. The van der Waals surface area contributed by atoms with Crippen LogP contribution < -0.4 is 0 Å². The molecule has 17 heavy (non-hydrogen) atoms. The standard InChI is InChI=1S/C15H19NO/c1-5-6-7-14(15(16)17-4)13-9-8-11(2)10-12(13)3/h5-10,16H,1-4H3/b6-5-,14-7-,16-15?. The first-order valence-corrected chi connectivity index (χ1v) is 5.63. The molecule has 1 aromatic rings. The zero-order valence-corrected chi connectivity index (χ0v) is 10.9. The Morgan fingerprint density at radius 2 is 2.00 bits per heavy atom. The first kappa shape index (κ1) is 13.2. The van der Waals surface area contributed by atoms with Crippen LogP contribution in [0.25, 0.3) is 5.57 Å². The average molecular weight is 229 g/mol. The first-order valence-electron chi connectivity index (χ1n) is 5.63. The molecule has 0 unspecified atom stereocenters. The van der Waals surface area contributed by atoms with E-state index in [0.29, 0.717) is 0 Å². The summed E-state index contributed by atoms with van der Waals surface area (Å²) in [7, 11) is 1.52. The second kappa shape index (κ2) is 6.04. The Labute approximate surface area is 103 Å². The summed E-state index contributed by atoms with van der Waals surface area (Å²) in [4.78, 5) is 0. The summed E-state index contributed by atoms with van der Waals surface area (Å²) in [5.74, 6) is 0.190. The van der Waals surface area contributed by atoms with Crippen molar-refractivity contribution in [2.75, 3.05) is 7.11 Å². The second-order valence-corrected chi connectivity index (χ2v) is 3.96. The molecule has 0 fully saturated rings. The molecule has 90 valence electrons. The van der Waals surface area contributed by atoms with Crippen molar-refractivity contribution in [3.05, 3.63) is 53.1 Å². The minimum absolute atomic E-state index is 0.190. The molecule has 1 rings (SSSR count). The van der Waals surface area contributed by atoms with Crippen LogP contribution in [0.1, 0.15) is 23.6 Å². The number of methoxy groups -OCH3 is 1. The van der Waals surface area contributed by atoms with E-state index in [1.54, 1.807) is 0 Å². The molecular weight excluding hydrogens is 210 g/mol. The van der Waals surface area contributed by atoms with Gasteiger partial charge in [0.1, 0.15) is 0 Å². The molecule has 1 N–H and O–H groups in total. The van der Waals surface area contributed by atoms with Crippen molar-refractivity contribution in [3.8, 4) is 0 Å². The van der Waals surface area contributed by atoms with Crippen molar-refractivity contribution in [1.82, 2.24) is 0 Å². The summed E-state index contributed by atoms with van der Waals surface area (Å²) in [6, 6.07) is 6.20. The summed E-state index contributed by atoms with van der Waals surface area (Å²) < 4.78 is 5.03. The lowest BCUT2D eigenvalue weighted by Gasteiger charge is -2.11. The molecule has 0 aliphatic heterocycles. The number of hydrogen-bond donors (Lipinski definition) is 1. The maximum atomic E-state index is 7.84. The molecule has 0 radical (unpaired) electrons. The number of rotatable bonds is 3. The molecule has 0 aliphatic rings. The van der Waals surface area contributed by atoms with Gasteiger partial charge in [0.15, 0.2) is 0 Å². The Balaban J connectivity index is 3.27. The van der Waals surface area contributed by atoms with Gasteiger partial charge in [0.2, 0.25) is 5.90 Å². The van der Waals surface area contributed by atoms with Gasteiger partial charge >= 0.3 is 0 Å². The zero-order valence-electron chi connectivity index (χ0n) is 10.9. The van der Waals surface area contributed by atoms with E-state index in [-0.39, 0.29) is 5.90 Å². The monoisotopic (exact) mass is 229 g/mol. The number of ether oxygens (including phenoxy) is 1. The van der Waals surface area contributed by atoms with Gasteiger partial charge in [0.25, 0.3) is 0 Å². The van der Waals surface area contributed by atoms with Crippen LogP contribution in [0.2, 0.25) is 0 Å². The highest BCUT2D eigenvalue weighted by atomic mass is 16.5. The summed E-state index contributed by atoms with van der Waals surface area (Å²) in [6.07, 6.45) is 5.76. The van der Waals surface area contributed by atoms with Gasteiger partial charge in [0.05, 0.1) is 7.11 Å². The van der Waals surface area contributed by atoms with Crippen molar-refractivity contribution < 1.29 is 4.74 Å². The van der Waals surface area contributed by atoms with E-state index >= 15 is 0 Å². The van der Waals surface area contributed by atoms with E-state index in [0.717, 1.165) is 16.7 Å². The number of nitrogens with one attached hydrogen (secondary N) is 1. The molecule has 0 atom stereocenters. The van der Waals surface area contributed by atoms with Gasteiger partial charge in [-0.05, 0) is 38.0 Å². The van der Waals surface area contributed by atoms with Crippen LogP contribution in [0.15, 0.2) is 36.4 Å².